The number of nitrogens with zero attached hydrogens (tertiary/aromatic N) is 2. The van der Waals surface area contributed by atoms with E-state index in [2.05, 4.69) is 42.3 Å². The van der Waals surface area contributed by atoms with E-state index in [-0.39, 0.29) is 6.03 Å². The summed E-state index contributed by atoms with van der Waals surface area (Å²) in [5.41, 5.74) is 4.96. The van der Waals surface area contributed by atoms with Crippen LogP contribution in [0.15, 0.2) is 48.5 Å². The monoisotopic (exact) mass is 323 g/mol. The van der Waals surface area contributed by atoms with Crippen LogP contribution in [0.3, 0.4) is 0 Å². The van der Waals surface area contributed by atoms with Crippen LogP contribution < -0.4 is 10.2 Å². The Labute approximate surface area is 144 Å². The van der Waals surface area contributed by atoms with Crippen molar-refractivity contribution < 1.29 is 4.79 Å². The van der Waals surface area contributed by atoms with Gasteiger partial charge < -0.3 is 15.1 Å². The van der Waals surface area contributed by atoms with Gasteiger partial charge in [-0.3, -0.25) is 0 Å². The summed E-state index contributed by atoms with van der Waals surface area (Å²) in [5.74, 6) is 0. The molecule has 0 radical (unpaired) electrons. The van der Waals surface area contributed by atoms with Crippen LogP contribution in [0.25, 0.3) is 0 Å². The van der Waals surface area contributed by atoms with Gasteiger partial charge in [0.2, 0.25) is 0 Å². The maximum absolute atomic E-state index is 12.3. The Morgan fingerprint density at radius 1 is 0.958 bits per heavy atom. The fraction of sp³-hybridized carbons (Fsp3) is 0.350. The molecular formula is C20H25N3O. The maximum Gasteiger partial charge on any atom is 0.317 e. The smallest absolute Gasteiger partial charge is 0.317 e. The molecule has 24 heavy (non-hydrogen) atoms. The van der Waals surface area contributed by atoms with Crippen molar-refractivity contribution in [2.45, 2.75) is 20.4 Å². The second-order valence-electron chi connectivity index (χ2n) is 6.46. The zero-order valence-electron chi connectivity index (χ0n) is 14.5. The highest BCUT2D eigenvalue weighted by Gasteiger charge is 2.21. The highest BCUT2D eigenvalue weighted by molar-refractivity contribution is 5.74. The minimum Gasteiger partial charge on any atom is -0.368 e. The summed E-state index contributed by atoms with van der Waals surface area (Å²) in [5, 5.41) is 3.01. The van der Waals surface area contributed by atoms with Crippen molar-refractivity contribution >= 4 is 11.7 Å². The number of nitrogens with one attached hydrogen (secondary N) is 1. The van der Waals surface area contributed by atoms with E-state index in [4.69, 9.17) is 0 Å². The van der Waals surface area contributed by atoms with E-state index in [1.807, 2.05) is 35.2 Å². The molecule has 0 bridgehead atoms. The molecule has 1 N–H and O–H groups in total. The third kappa shape index (κ3) is 4.07. The van der Waals surface area contributed by atoms with Gasteiger partial charge in [0.05, 0.1) is 0 Å². The van der Waals surface area contributed by atoms with Crippen molar-refractivity contribution in [3.05, 3.63) is 65.2 Å². The molecule has 2 aromatic rings. The Morgan fingerprint density at radius 2 is 1.58 bits per heavy atom. The molecule has 2 amide bonds. The second-order valence-corrected chi connectivity index (χ2v) is 6.46. The van der Waals surface area contributed by atoms with E-state index in [1.54, 1.807) is 0 Å². The maximum atomic E-state index is 12.3. The highest BCUT2D eigenvalue weighted by Crippen LogP contribution is 2.20. The zero-order chi connectivity index (χ0) is 16.9. The number of hydrogen-bond acceptors (Lipinski definition) is 2. The molecule has 126 valence electrons. The summed E-state index contributed by atoms with van der Waals surface area (Å²) < 4.78 is 0. The molecule has 4 heteroatoms. The average molecular weight is 323 g/mol. The first-order valence-corrected chi connectivity index (χ1v) is 8.52. The fourth-order valence-corrected chi connectivity index (χ4v) is 3.19. The summed E-state index contributed by atoms with van der Waals surface area (Å²) in [6.45, 7) is 8.11. The van der Waals surface area contributed by atoms with Gasteiger partial charge in [-0.15, -0.1) is 0 Å². The molecule has 0 aliphatic carbocycles. The standard InChI is InChI=1S/C20H25N3O/c1-16-12-17(2)14-19(13-16)22-8-10-23(11-9-22)20(24)21-15-18-6-4-3-5-7-18/h3-7,12-14H,8-11,15H2,1-2H3,(H,21,24). The summed E-state index contributed by atoms with van der Waals surface area (Å²) in [6.07, 6.45) is 0. The highest BCUT2D eigenvalue weighted by atomic mass is 16.2. The second kappa shape index (κ2) is 7.39. The summed E-state index contributed by atoms with van der Waals surface area (Å²) >= 11 is 0. The largest absolute Gasteiger partial charge is 0.368 e. The van der Waals surface area contributed by atoms with Gasteiger partial charge >= 0.3 is 6.03 Å². The third-order valence-corrected chi connectivity index (χ3v) is 4.43. The van der Waals surface area contributed by atoms with E-state index in [0.717, 1.165) is 31.7 Å². The Hall–Kier alpha value is -2.49. The molecule has 0 atom stereocenters. The predicted molar refractivity (Wildman–Crippen MR) is 98.4 cm³/mol. The minimum absolute atomic E-state index is 0.0268. The quantitative estimate of drug-likeness (QED) is 0.940. The fourth-order valence-electron chi connectivity index (χ4n) is 3.19. The summed E-state index contributed by atoms with van der Waals surface area (Å²) in [4.78, 5) is 16.6. The van der Waals surface area contributed by atoms with Gasteiger partial charge in [-0.25, -0.2) is 4.79 Å². The molecule has 1 saturated heterocycles. The van der Waals surface area contributed by atoms with Crippen LogP contribution in [0, 0.1) is 13.8 Å². The summed E-state index contributed by atoms with van der Waals surface area (Å²) in [7, 11) is 0. The first kappa shape index (κ1) is 16.4. The molecular weight excluding hydrogens is 298 g/mol. The SMILES string of the molecule is Cc1cc(C)cc(N2CCN(C(=O)NCc3ccccc3)CC2)c1. The Bertz CT molecular complexity index is 671. The Balaban J connectivity index is 1.52. The van der Waals surface area contributed by atoms with E-state index in [9.17, 15) is 4.79 Å². The van der Waals surface area contributed by atoms with Crippen LogP contribution in [0.2, 0.25) is 0 Å². The predicted octanol–water partition coefficient (Wildman–Crippen LogP) is 3.34. The first-order valence-electron chi connectivity index (χ1n) is 8.52. The molecule has 3 rings (SSSR count). The molecule has 0 aromatic heterocycles. The van der Waals surface area contributed by atoms with Crippen LogP contribution in [0.1, 0.15) is 16.7 Å². The number of rotatable bonds is 3. The number of anilines is 1. The van der Waals surface area contributed by atoms with Gasteiger partial charge in [0.15, 0.2) is 0 Å². The molecule has 1 aliphatic rings. The van der Waals surface area contributed by atoms with E-state index in [1.165, 1.54) is 16.8 Å². The first-order chi connectivity index (χ1) is 11.6. The third-order valence-electron chi connectivity index (χ3n) is 4.43. The summed E-state index contributed by atoms with van der Waals surface area (Å²) in [6, 6.07) is 16.7. The van der Waals surface area contributed by atoms with Gasteiger partial charge in [0.1, 0.15) is 0 Å². The van der Waals surface area contributed by atoms with Crippen LogP contribution in [-0.4, -0.2) is 37.1 Å². The van der Waals surface area contributed by atoms with E-state index in [0.29, 0.717) is 6.54 Å². The Kier molecular flexibility index (Phi) is 5.04. The van der Waals surface area contributed by atoms with Crippen molar-refractivity contribution in [3.63, 3.8) is 0 Å². The Morgan fingerprint density at radius 3 is 2.21 bits per heavy atom. The van der Waals surface area contributed by atoms with Crippen molar-refractivity contribution in [3.8, 4) is 0 Å². The lowest BCUT2D eigenvalue weighted by molar-refractivity contribution is 0.194. The topological polar surface area (TPSA) is 35.6 Å². The molecule has 1 fully saturated rings. The molecule has 0 spiro atoms. The van der Waals surface area contributed by atoms with Gasteiger partial charge in [-0.2, -0.15) is 0 Å². The lowest BCUT2D eigenvalue weighted by Gasteiger charge is -2.36. The van der Waals surface area contributed by atoms with Crippen LogP contribution in [0.5, 0.6) is 0 Å². The van der Waals surface area contributed by atoms with Crippen LogP contribution >= 0.6 is 0 Å². The zero-order valence-corrected chi connectivity index (χ0v) is 14.5. The van der Waals surface area contributed by atoms with E-state index < -0.39 is 0 Å². The number of aryl methyl sites for hydroxylation is 2. The van der Waals surface area contributed by atoms with Crippen LogP contribution in [0.4, 0.5) is 10.5 Å². The van der Waals surface area contributed by atoms with E-state index >= 15 is 0 Å². The van der Waals surface area contributed by atoms with Gasteiger partial charge in [0, 0.05) is 38.4 Å². The number of hydrogen-bond donors (Lipinski definition) is 1. The normalized spacial score (nSPS) is 14.6. The number of benzene rings is 2. The van der Waals surface area contributed by atoms with Crippen molar-refractivity contribution in [2.24, 2.45) is 0 Å². The molecule has 2 aromatic carbocycles. The number of carbonyl (C=O) groups excluding carboxylic acids is 1. The molecule has 0 unspecified atom stereocenters. The lowest BCUT2D eigenvalue weighted by Crippen LogP contribution is -2.51. The average Bonchev–Trinajstić information content (AvgIpc) is 2.60. The van der Waals surface area contributed by atoms with Gasteiger partial charge in [-0.05, 0) is 42.7 Å². The number of carbonyl (C=O) groups is 1. The molecule has 1 aliphatic heterocycles. The number of amides is 2. The lowest BCUT2D eigenvalue weighted by atomic mass is 10.1. The molecule has 4 nitrogen and oxygen atoms in total. The van der Waals surface area contributed by atoms with Crippen molar-refractivity contribution in [1.29, 1.82) is 0 Å². The molecule has 1 heterocycles. The van der Waals surface area contributed by atoms with Crippen LogP contribution in [-0.2, 0) is 6.54 Å². The van der Waals surface area contributed by atoms with Gasteiger partial charge in [0.25, 0.3) is 0 Å². The number of piperazine rings is 1. The minimum atomic E-state index is 0.0268. The van der Waals surface area contributed by atoms with Crippen molar-refractivity contribution in [1.82, 2.24) is 10.2 Å². The van der Waals surface area contributed by atoms with Gasteiger partial charge in [-0.1, -0.05) is 36.4 Å². The molecule has 0 saturated carbocycles. The number of urea groups is 1. The van der Waals surface area contributed by atoms with Crippen molar-refractivity contribution in [2.75, 3.05) is 31.1 Å².